The van der Waals surface area contributed by atoms with Crippen molar-refractivity contribution in [2.24, 2.45) is 11.7 Å². The van der Waals surface area contributed by atoms with Crippen LogP contribution in [0.2, 0.25) is 0 Å². The molecule has 106 valence electrons. The predicted molar refractivity (Wildman–Crippen MR) is 78.2 cm³/mol. The van der Waals surface area contributed by atoms with Gasteiger partial charge in [-0.15, -0.1) is 0 Å². The summed E-state index contributed by atoms with van der Waals surface area (Å²) >= 11 is 0. The van der Waals surface area contributed by atoms with Crippen molar-refractivity contribution in [3.8, 4) is 5.69 Å². The summed E-state index contributed by atoms with van der Waals surface area (Å²) < 4.78 is 1.78. The van der Waals surface area contributed by atoms with Gasteiger partial charge in [0.2, 0.25) is 5.91 Å². The number of benzene rings is 1. The first-order chi connectivity index (χ1) is 9.59. The van der Waals surface area contributed by atoms with E-state index >= 15 is 0 Å². The first-order valence-corrected chi connectivity index (χ1v) is 6.71. The van der Waals surface area contributed by atoms with Crippen molar-refractivity contribution < 1.29 is 4.79 Å². The fraction of sp³-hybridized carbons (Fsp3) is 0.333. The fourth-order valence-electron chi connectivity index (χ4n) is 1.90. The van der Waals surface area contributed by atoms with Gasteiger partial charge in [0.05, 0.1) is 11.7 Å². The van der Waals surface area contributed by atoms with Crippen LogP contribution in [0.3, 0.4) is 0 Å². The van der Waals surface area contributed by atoms with Crippen molar-refractivity contribution in [2.75, 3.05) is 0 Å². The number of aromatic nitrogens is 2. The number of carbonyl (C=O) groups is 1. The van der Waals surface area contributed by atoms with E-state index in [0.29, 0.717) is 6.54 Å². The van der Waals surface area contributed by atoms with Crippen molar-refractivity contribution in [3.63, 3.8) is 0 Å². The number of rotatable bonds is 5. The van der Waals surface area contributed by atoms with Crippen LogP contribution in [-0.4, -0.2) is 21.7 Å². The lowest BCUT2D eigenvalue weighted by molar-refractivity contribution is -0.123. The van der Waals surface area contributed by atoms with E-state index in [9.17, 15) is 4.79 Å². The Morgan fingerprint density at radius 3 is 2.75 bits per heavy atom. The van der Waals surface area contributed by atoms with Crippen LogP contribution in [0.4, 0.5) is 0 Å². The number of carbonyl (C=O) groups excluding carboxylic acids is 1. The largest absolute Gasteiger partial charge is 0.351 e. The Kier molecular flexibility index (Phi) is 4.53. The van der Waals surface area contributed by atoms with E-state index in [1.54, 1.807) is 10.9 Å². The summed E-state index contributed by atoms with van der Waals surface area (Å²) in [5.41, 5.74) is 7.78. The molecule has 0 radical (unpaired) electrons. The molecule has 0 aliphatic heterocycles. The van der Waals surface area contributed by atoms with E-state index in [2.05, 4.69) is 10.4 Å². The van der Waals surface area contributed by atoms with Gasteiger partial charge in [-0.3, -0.25) is 4.79 Å². The molecule has 0 aliphatic rings. The van der Waals surface area contributed by atoms with Crippen molar-refractivity contribution in [1.82, 2.24) is 15.1 Å². The lowest BCUT2D eigenvalue weighted by Crippen LogP contribution is -2.43. The molecule has 0 bridgehead atoms. The van der Waals surface area contributed by atoms with Gasteiger partial charge in [-0.2, -0.15) is 5.10 Å². The average Bonchev–Trinajstić information content (AvgIpc) is 2.98. The molecule has 0 saturated heterocycles. The van der Waals surface area contributed by atoms with Gasteiger partial charge >= 0.3 is 0 Å². The molecule has 3 N–H and O–H groups in total. The summed E-state index contributed by atoms with van der Waals surface area (Å²) in [6.45, 7) is 4.30. The molecule has 2 aromatic rings. The van der Waals surface area contributed by atoms with E-state index in [4.69, 9.17) is 5.73 Å². The SMILES string of the molecule is CC(C)C(N)C(=O)NCc1ccccc1-n1cccn1. The Hall–Kier alpha value is -2.14. The van der Waals surface area contributed by atoms with E-state index < -0.39 is 6.04 Å². The average molecular weight is 272 g/mol. The number of hydrogen-bond acceptors (Lipinski definition) is 3. The van der Waals surface area contributed by atoms with Gasteiger partial charge in [-0.1, -0.05) is 32.0 Å². The Labute approximate surface area is 118 Å². The van der Waals surface area contributed by atoms with E-state index in [0.717, 1.165) is 11.3 Å². The smallest absolute Gasteiger partial charge is 0.237 e. The molecule has 1 unspecified atom stereocenters. The molecule has 0 fully saturated rings. The second kappa shape index (κ2) is 6.34. The summed E-state index contributed by atoms with van der Waals surface area (Å²) in [6.07, 6.45) is 3.60. The van der Waals surface area contributed by atoms with Crippen LogP contribution >= 0.6 is 0 Å². The van der Waals surface area contributed by atoms with Gasteiger partial charge in [0, 0.05) is 18.9 Å². The first-order valence-electron chi connectivity index (χ1n) is 6.71. The van der Waals surface area contributed by atoms with Crippen LogP contribution in [0.5, 0.6) is 0 Å². The highest BCUT2D eigenvalue weighted by Crippen LogP contribution is 2.13. The van der Waals surface area contributed by atoms with Crippen LogP contribution in [-0.2, 0) is 11.3 Å². The molecule has 1 atom stereocenters. The quantitative estimate of drug-likeness (QED) is 0.865. The Bertz CT molecular complexity index is 563. The number of nitrogens with two attached hydrogens (primary N) is 1. The van der Waals surface area contributed by atoms with Gasteiger partial charge < -0.3 is 11.1 Å². The van der Waals surface area contributed by atoms with E-state index in [-0.39, 0.29) is 11.8 Å². The fourth-order valence-corrected chi connectivity index (χ4v) is 1.90. The summed E-state index contributed by atoms with van der Waals surface area (Å²) in [5.74, 6) is -0.00775. The van der Waals surface area contributed by atoms with Crippen molar-refractivity contribution in [3.05, 3.63) is 48.3 Å². The Balaban J connectivity index is 2.09. The number of nitrogens with one attached hydrogen (secondary N) is 1. The second-order valence-electron chi connectivity index (χ2n) is 5.07. The molecule has 0 saturated carbocycles. The van der Waals surface area contributed by atoms with Crippen LogP contribution in [0.25, 0.3) is 5.69 Å². The highest BCUT2D eigenvalue weighted by Gasteiger charge is 2.17. The van der Waals surface area contributed by atoms with E-state index in [1.165, 1.54) is 0 Å². The molecular weight excluding hydrogens is 252 g/mol. The third kappa shape index (κ3) is 3.24. The number of amides is 1. The Morgan fingerprint density at radius 1 is 1.35 bits per heavy atom. The predicted octanol–water partition coefficient (Wildman–Crippen LogP) is 1.47. The maximum atomic E-state index is 11.9. The third-order valence-corrected chi connectivity index (χ3v) is 3.22. The van der Waals surface area contributed by atoms with Gasteiger partial charge in [-0.25, -0.2) is 4.68 Å². The zero-order chi connectivity index (χ0) is 14.5. The van der Waals surface area contributed by atoms with Crippen LogP contribution in [0.15, 0.2) is 42.7 Å². The standard InChI is InChI=1S/C15H20N4O/c1-11(2)14(16)15(20)17-10-12-6-3-4-7-13(12)19-9-5-8-18-19/h3-9,11,14H,10,16H2,1-2H3,(H,17,20). The number of nitrogens with zero attached hydrogens (tertiary/aromatic N) is 2. The molecule has 1 amide bonds. The normalized spacial score (nSPS) is 12.4. The van der Waals surface area contributed by atoms with Crippen LogP contribution < -0.4 is 11.1 Å². The monoisotopic (exact) mass is 272 g/mol. The molecule has 1 aromatic carbocycles. The molecular formula is C15H20N4O. The molecule has 0 spiro atoms. The minimum absolute atomic E-state index is 0.122. The number of hydrogen-bond donors (Lipinski definition) is 2. The zero-order valence-electron chi connectivity index (χ0n) is 11.8. The van der Waals surface area contributed by atoms with Crippen LogP contribution in [0.1, 0.15) is 19.4 Å². The van der Waals surface area contributed by atoms with Crippen molar-refractivity contribution in [1.29, 1.82) is 0 Å². The van der Waals surface area contributed by atoms with Gasteiger partial charge in [0.25, 0.3) is 0 Å². The molecule has 2 rings (SSSR count). The molecule has 20 heavy (non-hydrogen) atoms. The lowest BCUT2D eigenvalue weighted by atomic mass is 10.0. The molecule has 5 heteroatoms. The molecule has 0 aliphatic carbocycles. The number of para-hydroxylation sites is 1. The maximum absolute atomic E-state index is 11.9. The minimum atomic E-state index is -0.480. The third-order valence-electron chi connectivity index (χ3n) is 3.22. The maximum Gasteiger partial charge on any atom is 0.237 e. The zero-order valence-corrected chi connectivity index (χ0v) is 11.8. The summed E-state index contributed by atoms with van der Waals surface area (Å²) in [7, 11) is 0. The molecule has 1 heterocycles. The highest BCUT2D eigenvalue weighted by molar-refractivity contribution is 5.81. The summed E-state index contributed by atoms with van der Waals surface area (Å²) in [5, 5.41) is 7.09. The first kappa shape index (κ1) is 14.3. The van der Waals surface area contributed by atoms with Crippen molar-refractivity contribution >= 4 is 5.91 Å². The summed E-state index contributed by atoms with van der Waals surface area (Å²) in [4.78, 5) is 11.9. The van der Waals surface area contributed by atoms with Gasteiger partial charge in [0.1, 0.15) is 0 Å². The second-order valence-corrected chi connectivity index (χ2v) is 5.07. The molecule has 5 nitrogen and oxygen atoms in total. The van der Waals surface area contributed by atoms with Gasteiger partial charge in [-0.05, 0) is 23.6 Å². The van der Waals surface area contributed by atoms with Gasteiger partial charge in [0.15, 0.2) is 0 Å². The molecule has 1 aromatic heterocycles. The van der Waals surface area contributed by atoms with Crippen molar-refractivity contribution in [2.45, 2.75) is 26.4 Å². The van der Waals surface area contributed by atoms with E-state index in [1.807, 2.05) is 50.4 Å². The highest BCUT2D eigenvalue weighted by atomic mass is 16.2. The summed E-state index contributed by atoms with van der Waals surface area (Å²) in [6, 6.07) is 9.21. The Morgan fingerprint density at radius 2 is 2.10 bits per heavy atom. The van der Waals surface area contributed by atoms with Crippen LogP contribution in [0, 0.1) is 5.92 Å². The minimum Gasteiger partial charge on any atom is -0.351 e. The topological polar surface area (TPSA) is 72.9 Å². The lowest BCUT2D eigenvalue weighted by Gasteiger charge is -2.16.